The molecule has 0 bridgehead atoms. The molecule has 68 valence electrons. The number of carbonyl (C=O) groups excluding carboxylic acids is 1. The van der Waals surface area contributed by atoms with E-state index >= 15 is 0 Å². The molecule has 1 amide bonds. The molecule has 1 heterocycles. The average Bonchev–Trinajstić information content (AvgIpc) is 2.36. The van der Waals surface area contributed by atoms with E-state index in [4.69, 9.17) is 4.84 Å². The SMILES string of the molecule is CCOC(=O)NC1=NOC(C)C1. The van der Waals surface area contributed by atoms with Crippen LogP contribution in [0.3, 0.4) is 0 Å². The molecule has 1 rings (SSSR count). The fraction of sp³-hybridized carbons (Fsp3) is 0.714. The lowest BCUT2D eigenvalue weighted by molar-refractivity contribution is 0.0994. The summed E-state index contributed by atoms with van der Waals surface area (Å²) in [5, 5.41) is 6.12. The first-order valence-electron chi connectivity index (χ1n) is 3.89. The molecule has 1 atom stereocenters. The number of oxime groups is 1. The Hall–Kier alpha value is -1.26. The summed E-state index contributed by atoms with van der Waals surface area (Å²) in [4.78, 5) is 15.7. The number of amidine groups is 1. The van der Waals surface area contributed by atoms with Gasteiger partial charge in [0.2, 0.25) is 0 Å². The lowest BCUT2D eigenvalue weighted by Crippen LogP contribution is -2.30. The molecule has 12 heavy (non-hydrogen) atoms. The van der Waals surface area contributed by atoms with Crippen molar-refractivity contribution in [3.63, 3.8) is 0 Å². The maximum Gasteiger partial charge on any atom is 0.412 e. The van der Waals surface area contributed by atoms with E-state index in [1.165, 1.54) is 0 Å². The quantitative estimate of drug-likeness (QED) is 0.638. The summed E-state index contributed by atoms with van der Waals surface area (Å²) in [6.07, 6.45) is 0.189. The molecule has 0 aromatic rings. The minimum Gasteiger partial charge on any atom is -0.450 e. The molecule has 0 spiro atoms. The largest absolute Gasteiger partial charge is 0.450 e. The van der Waals surface area contributed by atoms with Crippen LogP contribution in [0.4, 0.5) is 4.79 Å². The highest BCUT2D eigenvalue weighted by atomic mass is 16.6. The molecule has 5 nitrogen and oxygen atoms in total. The van der Waals surface area contributed by atoms with E-state index in [-0.39, 0.29) is 6.10 Å². The number of hydrogen-bond acceptors (Lipinski definition) is 4. The van der Waals surface area contributed by atoms with Gasteiger partial charge in [-0.05, 0) is 13.8 Å². The van der Waals surface area contributed by atoms with Gasteiger partial charge in [-0.25, -0.2) is 4.79 Å². The molecule has 1 aliphatic rings. The van der Waals surface area contributed by atoms with Crippen molar-refractivity contribution in [2.75, 3.05) is 6.61 Å². The van der Waals surface area contributed by atoms with Gasteiger partial charge in [0.1, 0.15) is 6.10 Å². The minimum atomic E-state index is -0.478. The molecule has 0 saturated carbocycles. The van der Waals surface area contributed by atoms with Crippen LogP contribution < -0.4 is 5.32 Å². The van der Waals surface area contributed by atoms with Crippen molar-refractivity contribution >= 4 is 11.9 Å². The number of nitrogens with one attached hydrogen (secondary N) is 1. The standard InChI is InChI=1S/C7H12N2O3/c1-3-11-7(10)8-6-4-5(2)12-9-6/h5H,3-4H2,1-2H3,(H,8,9,10). The molecule has 1 N–H and O–H groups in total. The number of rotatable bonds is 1. The number of hydrogen-bond donors (Lipinski definition) is 1. The first-order valence-corrected chi connectivity index (χ1v) is 3.89. The van der Waals surface area contributed by atoms with Crippen LogP contribution in [0.2, 0.25) is 0 Å². The number of carbonyl (C=O) groups is 1. The fourth-order valence-corrected chi connectivity index (χ4v) is 0.859. The summed E-state index contributed by atoms with van der Waals surface area (Å²) in [6, 6.07) is 0. The van der Waals surface area contributed by atoms with Crippen molar-refractivity contribution in [2.45, 2.75) is 26.4 Å². The molecule has 0 saturated heterocycles. The predicted molar refractivity (Wildman–Crippen MR) is 42.8 cm³/mol. The molecule has 1 aliphatic heterocycles. The topological polar surface area (TPSA) is 59.9 Å². The first kappa shape index (κ1) is 8.83. The average molecular weight is 172 g/mol. The van der Waals surface area contributed by atoms with Crippen LogP contribution in [0.1, 0.15) is 20.3 Å². The summed E-state index contributed by atoms with van der Waals surface area (Å²) in [7, 11) is 0. The highest BCUT2D eigenvalue weighted by Gasteiger charge is 2.18. The zero-order valence-corrected chi connectivity index (χ0v) is 7.16. The van der Waals surface area contributed by atoms with E-state index < -0.39 is 6.09 Å². The van der Waals surface area contributed by atoms with E-state index in [1.807, 2.05) is 6.92 Å². The third kappa shape index (κ3) is 2.41. The summed E-state index contributed by atoms with van der Waals surface area (Å²) < 4.78 is 4.65. The van der Waals surface area contributed by atoms with Gasteiger partial charge in [0, 0.05) is 6.42 Å². The van der Waals surface area contributed by atoms with Crippen molar-refractivity contribution in [1.82, 2.24) is 5.32 Å². The Labute approximate surface area is 70.7 Å². The Balaban J connectivity index is 2.27. The smallest absolute Gasteiger partial charge is 0.412 e. The number of amides is 1. The van der Waals surface area contributed by atoms with Gasteiger partial charge in [-0.15, -0.1) is 0 Å². The van der Waals surface area contributed by atoms with Crippen LogP contribution in [0.25, 0.3) is 0 Å². The Morgan fingerprint density at radius 3 is 3.17 bits per heavy atom. The fourth-order valence-electron chi connectivity index (χ4n) is 0.859. The molecule has 1 unspecified atom stereocenters. The Bertz CT molecular complexity index is 203. The van der Waals surface area contributed by atoms with Crippen molar-refractivity contribution in [2.24, 2.45) is 5.16 Å². The molecule has 0 aromatic heterocycles. The van der Waals surface area contributed by atoms with Crippen molar-refractivity contribution in [3.05, 3.63) is 0 Å². The van der Waals surface area contributed by atoms with E-state index in [1.54, 1.807) is 6.92 Å². The molecule has 0 radical (unpaired) electrons. The van der Waals surface area contributed by atoms with Crippen LogP contribution in [-0.4, -0.2) is 24.6 Å². The maximum atomic E-state index is 10.8. The van der Waals surface area contributed by atoms with Gasteiger partial charge in [-0.3, -0.25) is 5.32 Å². The Morgan fingerprint density at radius 2 is 2.67 bits per heavy atom. The Morgan fingerprint density at radius 1 is 1.92 bits per heavy atom. The second-order valence-electron chi connectivity index (χ2n) is 2.50. The van der Waals surface area contributed by atoms with Crippen molar-refractivity contribution in [3.8, 4) is 0 Å². The maximum absolute atomic E-state index is 10.8. The molecular formula is C7H12N2O3. The summed E-state index contributed by atoms with van der Waals surface area (Å²) in [5.74, 6) is 0.529. The number of alkyl carbamates (subject to hydrolysis) is 1. The van der Waals surface area contributed by atoms with E-state index in [0.717, 1.165) is 0 Å². The zero-order valence-electron chi connectivity index (χ0n) is 7.16. The van der Waals surface area contributed by atoms with Gasteiger partial charge in [0.25, 0.3) is 0 Å². The van der Waals surface area contributed by atoms with Crippen LogP contribution in [0.5, 0.6) is 0 Å². The van der Waals surface area contributed by atoms with Crippen LogP contribution in [-0.2, 0) is 9.57 Å². The second kappa shape index (κ2) is 3.94. The van der Waals surface area contributed by atoms with E-state index in [9.17, 15) is 4.79 Å². The summed E-state index contributed by atoms with van der Waals surface area (Å²) >= 11 is 0. The van der Waals surface area contributed by atoms with Crippen LogP contribution in [0.15, 0.2) is 5.16 Å². The molecule has 5 heteroatoms. The van der Waals surface area contributed by atoms with Crippen molar-refractivity contribution in [1.29, 1.82) is 0 Å². The third-order valence-corrected chi connectivity index (χ3v) is 1.35. The lowest BCUT2D eigenvalue weighted by atomic mass is 10.3. The summed E-state index contributed by atoms with van der Waals surface area (Å²) in [6.45, 7) is 3.98. The van der Waals surface area contributed by atoms with Gasteiger partial charge in [0.15, 0.2) is 5.84 Å². The second-order valence-corrected chi connectivity index (χ2v) is 2.50. The van der Waals surface area contributed by atoms with Gasteiger partial charge in [-0.1, -0.05) is 5.16 Å². The minimum absolute atomic E-state index is 0.0435. The molecule has 0 aliphatic carbocycles. The van der Waals surface area contributed by atoms with Gasteiger partial charge in [-0.2, -0.15) is 0 Å². The monoisotopic (exact) mass is 172 g/mol. The third-order valence-electron chi connectivity index (χ3n) is 1.35. The number of ether oxygens (including phenoxy) is 1. The highest BCUT2D eigenvalue weighted by Crippen LogP contribution is 2.06. The highest BCUT2D eigenvalue weighted by molar-refractivity contribution is 5.95. The van der Waals surface area contributed by atoms with Gasteiger partial charge in [0.05, 0.1) is 6.61 Å². The lowest BCUT2D eigenvalue weighted by Gasteiger charge is -2.02. The molecule has 0 fully saturated rings. The van der Waals surface area contributed by atoms with Crippen LogP contribution >= 0.6 is 0 Å². The van der Waals surface area contributed by atoms with E-state index in [2.05, 4.69) is 15.2 Å². The Kier molecular flexibility index (Phi) is 2.90. The van der Waals surface area contributed by atoms with E-state index in [0.29, 0.717) is 18.9 Å². The van der Waals surface area contributed by atoms with Gasteiger partial charge >= 0.3 is 6.09 Å². The molecular weight excluding hydrogens is 160 g/mol. The zero-order chi connectivity index (χ0) is 8.97. The van der Waals surface area contributed by atoms with Crippen molar-refractivity contribution < 1.29 is 14.4 Å². The number of nitrogens with zero attached hydrogens (tertiary/aromatic N) is 1. The predicted octanol–water partition coefficient (Wildman–Crippen LogP) is 0.855. The molecule has 0 aromatic carbocycles. The van der Waals surface area contributed by atoms with Gasteiger partial charge < -0.3 is 9.57 Å². The normalized spacial score (nSPS) is 21.2. The summed E-state index contributed by atoms with van der Waals surface area (Å²) in [5.41, 5.74) is 0. The first-order chi connectivity index (χ1) is 5.72. The van der Waals surface area contributed by atoms with Crippen LogP contribution in [0, 0.1) is 0 Å².